The van der Waals surface area contributed by atoms with Gasteiger partial charge in [0.1, 0.15) is 12.4 Å². The van der Waals surface area contributed by atoms with Gasteiger partial charge in [0.05, 0.1) is 11.4 Å². The fourth-order valence-electron chi connectivity index (χ4n) is 1.75. The maximum Gasteiger partial charge on any atom is 0.333 e. The largest absolute Gasteiger partial charge is 0.487 e. The number of nitrogens with two attached hydrogens (primary N) is 2. The van der Waals surface area contributed by atoms with Gasteiger partial charge in [0.25, 0.3) is 0 Å². The lowest BCUT2D eigenvalue weighted by Gasteiger charge is -2.14. The first kappa shape index (κ1) is 18.9. The number of carbonyl (C=O) groups excluding carboxylic acids is 1. The van der Waals surface area contributed by atoms with Gasteiger partial charge in [-0.15, -0.1) is 0 Å². The number of benzene rings is 1. The van der Waals surface area contributed by atoms with Gasteiger partial charge in [-0.3, -0.25) is 10.4 Å². The van der Waals surface area contributed by atoms with E-state index in [0.717, 1.165) is 15.7 Å². The molecule has 7 nitrogen and oxygen atoms in total. The first-order valence-electron chi connectivity index (χ1n) is 6.79. The van der Waals surface area contributed by atoms with Gasteiger partial charge in [0.2, 0.25) is 0 Å². The van der Waals surface area contributed by atoms with Crippen LogP contribution in [0.4, 0.5) is 10.5 Å². The number of amides is 2. The SMILES string of the molecule is CN.Cc1ncccc1OCc1c(Br)cccc1NC(=O)NN. The fourth-order valence-corrected chi connectivity index (χ4v) is 2.23. The highest BCUT2D eigenvalue weighted by Crippen LogP contribution is 2.27. The Labute approximate surface area is 143 Å². The Morgan fingerprint density at radius 1 is 1.30 bits per heavy atom. The highest BCUT2D eigenvalue weighted by molar-refractivity contribution is 9.10. The molecular formula is C15H20BrN5O2. The summed E-state index contributed by atoms with van der Waals surface area (Å²) in [6, 6.07) is 8.62. The molecular weight excluding hydrogens is 362 g/mol. The van der Waals surface area contributed by atoms with E-state index in [1.54, 1.807) is 12.3 Å². The molecule has 2 amide bonds. The number of hydrogen-bond donors (Lipinski definition) is 4. The van der Waals surface area contributed by atoms with E-state index in [2.05, 4.69) is 32.0 Å². The molecule has 0 aliphatic rings. The van der Waals surface area contributed by atoms with Crippen molar-refractivity contribution in [2.75, 3.05) is 12.4 Å². The van der Waals surface area contributed by atoms with Gasteiger partial charge in [-0.2, -0.15) is 0 Å². The predicted molar refractivity (Wildman–Crippen MR) is 93.9 cm³/mol. The second-order valence-corrected chi connectivity index (χ2v) is 5.09. The molecule has 6 N–H and O–H groups in total. The molecule has 1 heterocycles. The minimum Gasteiger partial charge on any atom is -0.487 e. The third kappa shape index (κ3) is 5.51. The Hall–Kier alpha value is -2.16. The Morgan fingerprint density at radius 2 is 2.04 bits per heavy atom. The highest BCUT2D eigenvalue weighted by Gasteiger charge is 2.10. The molecule has 0 saturated carbocycles. The highest BCUT2D eigenvalue weighted by atomic mass is 79.9. The van der Waals surface area contributed by atoms with E-state index in [-0.39, 0.29) is 6.61 Å². The van der Waals surface area contributed by atoms with E-state index in [4.69, 9.17) is 10.6 Å². The summed E-state index contributed by atoms with van der Waals surface area (Å²) in [6.45, 7) is 2.16. The van der Waals surface area contributed by atoms with E-state index >= 15 is 0 Å². The van der Waals surface area contributed by atoms with Crippen molar-refractivity contribution in [3.63, 3.8) is 0 Å². The molecule has 0 unspecified atom stereocenters. The van der Waals surface area contributed by atoms with E-state index < -0.39 is 6.03 Å². The number of pyridine rings is 1. The van der Waals surface area contributed by atoms with Crippen LogP contribution in [0.3, 0.4) is 0 Å². The monoisotopic (exact) mass is 381 g/mol. The van der Waals surface area contributed by atoms with Crippen molar-refractivity contribution in [2.45, 2.75) is 13.5 Å². The number of anilines is 1. The maximum atomic E-state index is 11.4. The lowest BCUT2D eigenvalue weighted by molar-refractivity contribution is 0.252. The van der Waals surface area contributed by atoms with Crippen molar-refractivity contribution in [1.82, 2.24) is 10.4 Å². The standard InChI is InChI=1S/C14H15BrN4O2.CH5N/c1-9-13(6-3-7-17-9)21-8-10-11(15)4-2-5-12(10)18-14(20)19-16;1-2/h2-7H,8,16H2,1H3,(H2,18,19,20);2H2,1H3. The first-order chi connectivity index (χ1) is 11.1. The number of rotatable bonds is 4. The summed E-state index contributed by atoms with van der Waals surface area (Å²) >= 11 is 3.45. The lowest BCUT2D eigenvalue weighted by atomic mass is 10.2. The molecule has 0 bridgehead atoms. The molecule has 2 aromatic rings. The Morgan fingerprint density at radius 3 is 2.70 bits per heavy atom. The van der Waals surface area contributed by atoms with Crippen LogP contribution in [0.15, 0.2) is 41.0 Å². The van der Waals surface area contributed by atoms with Crippen molar-refractivity contribution in [3.05, 3.63) is 52.3 Å². The number of nitrogens with zero attached hydrogens (tertiary/aromatic N) is 1. The molecule has 0 atom stereocenters. The van der Waals surface area contributed by atoms with E-state index in [1.807, 2.05) is 36.6 Å². The summed E-state index contributed by atoms with van der Waals surface area (Å²) in [5.74, 6) is 5.78. The predicted octanol–water partition coefficient (Wildman–Crippen LogP) is 2.30. The third-order valence-electron chi connectivity index (χ3n) is 2.83. The molecule has 0 aliphatic carbocycles. The third-order valence-corrected chi connectivity index (χ3v) is 3.57. The molecule has 23 heavy (non-hydrogen) atoms. The molecule has 0 saturated heterocycles. The number of halogens is 1. The Kier molecular flexibility index (Phi) is 8.03. The number of hydrazine groups is 1. The van der Waals surface area contributed by atoms with Crippen molar-refractivity contribution in [1.29, 1.82) is 0 Å². The maximum absolute atomic E-state index is 11.4. The van der Waals surface area contributed by atoms with Gasteiger partial charge in [0, 0.05) is 16.2 Å². The zero-order valence-corrected chi connectivity index (χ0v) is 14.6. The average molecular weight is 382 g/mol. The van der Waals surface area contributed by atoms with Crippen LogP contribution in [0.5, 0.6) is 5.75 Å². The zero-order valence-electron chi connectivity index (χ0n) is 13.0. The van der Waals surface area contributed by atoms with Gasteiger partial charge in [-0.05, 0) is 38.2 Å². The van der Waals surface area contributed by atoms with E-state index in [0.29, 0.717) is 11.4 Å². The van der Waals surface area contributed by atoms with Crippen LogP contribution in [0.2, 0.25) is 0 Å². The first-order valence-corrected chi connectivity index (χ1v) is 7.58. The number of ether oxygens (including phenoxy) is 1. The number of nitrogens with one attached hydrogen (secondary N) is 2. The number of aromatic nitrogens is 1. The average Bonchev–Trinajstić information content (AvgIpc) is 2.57. The molecule has 2 rings (SSSR count). The van der Waals surface area contributed by atoms with Crippen molar-refractivity contribution < 1.29 is 9.53 Å². The van der Waals surface area contributed by atoms with E-state index in [1.165, 1.54) is 7.05 Å². The minimum absolute atomic E-state index is 0.286. The molecule has 0 spiro atoms. The molecule has 1 aromatic carbocycles. The summed E-state index contributed by atoms with van der Waals surface area (Å²) < 4.78 is 6.60. The smallest absolute Gasteiger partial charge is 0.333 e. The van der Waals surface area contributed by atoms with Crippen LogP contribution >= 0.6 is 15.9 Å². The van der Waals surface area contributed by atoms with Crippen LogP contribution in [0.25, 0.3) is 0 Å². The van der Waals surface area contributed by atoms with Gasteiger partial charge in [-0.1, -0.05) is 22.0 Å². The van der Waals surface area contributed by atoms with Crippen molar-refractivity contribution >= 4 is 27.6 Å². The van der Waals surface area contributed by atoms with Crippen LogP contribution in [-0.4, -0.2) is 18.1 Å². The molecule has 124 valence electrons. The summed E-state index contributed by atoms with van der Waals surface area (Å²) in [7, 11) is 1.50. The zero-order chi connectivity index (χ0) is 17.2. The Balaban J connectivity index is 0.00000127. The number of aryl methyl sites for hydroxylation is 1. The molecule has 8 heteroatoms. The van der Waals surface area contributed by atoms with Gasteiger partial charge in [0.15, 0.2) is 0 Å². The minimum atomic E-state index is -0.494. The van der Waals surface area contributed by atoms with Gasteiger partial charge in [-0.25, -0.2) is 10.6 Å². The lowest BCUT2D eigenvalue weighted by Crippen LogP contribution is -2.34. The second-order valence-electron chi connectivity index (χ2n) is 4.24. The van der Waals surface area contributed by atoms with Crippen LogP contribution in [0.1, 0.15) is 11.3 Å². The summed E-state index contributed by atoms with van der Waals surface area (Å²) in [5.41, 5.74) is 8.76. The fraction of sp³-hybridized carbons (Fsp3) is 0.200. The topological polar surface area (TPSA) is 115 Å². The van der Waals surface area contributed by atoms with E-state index in [9.17, 15) is 4.79 Å². The molecule has 0 fully saturated rings. The second kappa shape index (κ2) is 9.78. The van der Waals surface area contributed by atoms with Crippen molar-refractivity contribution in [3.8, 4) is 5.75 Å². The summed E-state index contributed by atoms with van der Waals surface area (Å²) in [5, 5.41) is 2.65. The normalized spacial score (nSPS) is 9.43. The number of urea groups is 1. The quantitative estimate of drug-likeness (QED) is 0.368. The summed E-state index contributed by atoms with van der Waals surface area (Å²) in [6.07, 6.45) is 1.71. The van der Waals surface area contributed by atoms with Gasteiger partial charge >= 0.3 is 6.03 Å². The van der Waals surface area contributed by atoms with Gasteiger partial charge < -0.3 is 15.8 Å². The van der Waals surface area contributed by atoms with Crippen LogP contribution < -0.4 is 27.1 Å². The van der Waals surface area contributed by atoms with Crippen LogP contribution in [-0.2, 0) is 6.61 Å². The molecule has 0 aliphatic heterocycles. The summed E-state index contributed by atoms with van der Waals surface area (Å²) in [4.78, 5) is 15.5. The number of hydrogen-bond acceptors (Lipinski definition) is 5. The molecule has 1 aromatic heterocycles. The Bertz CT molecular complexity index is 652. The van der Waals surface area contributed by atoms with Crippen LogP contribution in [0, 0.1) is 6.92 Å². The van der Waals surface area contributed by atoms with Crippen molar-refractivity contribution in [2.24, 2.45) is 11.6 Å². The molecule has 0 radical (unpaired) electrons. The number of carbonyl (C=O) groups is 1.